The Morgan fingerprint density at radius 1 is 0.690 bits per heavy atom. The highest BCUT2D eigenvalue weighted by molar-refractivity contribution is 7.47. The van der Waals surface area contributed by atoms with Gasteiger partial charge in [0.2, 0.25) is 0 Å². The molecule has 0 saturated heterocycles. The summed E-state index contributed by atoms with van der Waals surface area (Å²) in [4.78, 5) is 9.92. The highest BCUT2D eigenvalue weighted by atomic mass is 31.2. The number of benzene rings is 1. The second kappa shape index (κ2) is 25.2. The molecule has 0 aliphatic heterocycles. The maximum absolute atomic E-state index is 12.1. The van der Waals surface area contributed by atoms with E-state index in [-0.39, 0.29) is 13.2 Å². The number of allylic oxidation sites excluding steroid dienone is 2. The van der Waals surface area contributed by atoms with Crippen molar-refractivity contribution in [2.24, 2.45) is 0 Å². The quantitative estimate of drug-likeness (QED) is 0.0423. The Bertz CT molecular complexity index is 839. The number of para-hydroxylation sites is 1. The molecule has 1 atom stereocenters. The molecule has 1 N–H and O–H groups in total. The van der Waals surface area contributed by atoms with Gasteiger partial charge in [0.1, 0.15) is 18.9 Å². The Hall–Kier alpha value is -1.17. The minimum absolute atomic E-state index is 0.106. The van der Waals surface area contributed by atoms with Crippen LogP contribution in [-0.4, -0.2) is 56.9 Å². The van der Waals surface area contributed by atoms with Crippen molar-refractivity contribution in [3.8, 4) is 5.75 Å². The van der Waals surface area contributed by atoms with E-state index in [0.717, 1.165) is 17.7 Å². The van der Waals surface area contributed by atoms with Crippen molar-refractivity contribution in [1.29, 1.82) is 0 Å². The van der Waals surface area contributed by atoms with E-state index in [4.69, 9.17) is 13.8 Å². The third kappa shape index (κ3) is 24.3. The topological polar surface area (TPSA) is 65.0 Å². The summed E-state index contributed by atoms with van der Waals surface area (Å²) in [5, 5.41) is 0. The first-order valence-corrected chi connectivity index (χ1v) is 18.5. The average Bonchev–Trinajstić information content (AvgIpc) is 2.93. The fourth-order valence-corrected chi connectivity index (χ4v) is 5.54. The number of hydrogen-bond acceptors (Lipinski definition) is 4. The molecule has 1 aromatic carbocycles. The highest BCUT2D eigenvalue weighted by Crippen LogP contribution is 2.43. The van der Waals surface area contributed by atoms with Crippen LogP contribution in [0.15, 0.2) is 36.4 Å². The van der Waals surface area contributed by atoms with Crippen molar-refractivity contribution in [2.75, 3.05) is 47.5 Å². The normalized spacial score (nSPS) is 13.5. The second-order valence-electron chi connectivity index (χ2n) is 12.7. The minimum atomic E-state index is -4.04. The summed E-state index contributed by atoms with van der Waals surface area (Å²) in [6.07, 6.45) is 29.1. The van der Waals surface area contributed by atoms with Gasteiger partial charge in [0.15, 0.2) is 0 Å². The van der Waals surface area contributed by atoms with Crippen molar-refractivity contribution in [2.45, 2.75) is 129 Å². The van der Waals surface area contributed by atoms with Gasteiger partial charge in [0.25, 0.3) is 0 Å². The maximum Gasteiger partial charge on any atom is 0.472 e. The number of rotatable bonds is 29. The molecule has 1 unspecified atom stereocenters. The van der Waals surface area contributed by atoms with E-state index in [2.05, 4.69) is 19.1 Å². The van der Waals surface area contributed by atoms with Crippen molar-refractivity contribution in [1.82, 2.24) is 0 Å². The Morgan fingerprint density at radius 2 is 1.19 bits per heavy atom. The molecule has 0 fully saturated rings. The second-order valence-corrected chi connectivity index (χ2v) is 14.2. The van der Waals surface area contributed by atoms with Crippen molar-refractivity contribution < 1.29 is 27.7 Å². The summed E-state index contributed by atoms with van der Waals surface area (Å²) in [6.45, 7) is 3.88. The van der Waals surface area contributed by atoms with Crippen LogP contribution in [-0.2, 0) is 20.0 Å². The number of phosphoric acid groups is 1. The molecule has 7 heteroatoms. The highest BCUT2D eigenvalue weighted by Gasteiger charge is 2.22. The van der Waals surface area contributed by atoms with E-state index in [9.17, 15) is 9.46 Å². The van der Waals surface area contributed by atoms with Crippen LogP contribution in [0.4, 0.5) is 0 Å². The standard InChI is InChI=1S/C35H64NO5P/c1-5-6-7-8-9-10-11-12-13-14-15-16-17-18-19-20-21-22-23-26-31-39-35-28-25-24-27-34(35)29-32-40-42(37,38)41-33-30-36(2,3)4/h12-13,24-25,27-28H,5-11,14-23,26,29-33H2,1-4H3/p+1/b13-12-. The fourth-order valence-electron chi connectivity index (χ4n) is 4.83. The van der Waals surface area contributed by atoms with Crippen LogP contribution in [0, 0.1) is 0 Å². The van der Waals surface area contributed by atoms with Crippen LogP contribution in [0.1, 0.15) is 128 Å². The Labute approximate surface area is 259 Å². The van der Waals surface area contributed by atoms with Gasteiger partial charge in [0, 0.05) is 6.42 Å². The summed E-state index contributed by atoms with van der Waals surface area (Å²) >= 11 is 0. The molecule has 1 aromatic rings. The molecule has 0 heterocycles. The number of likely N-dealkylation sites (N-methyl/N-ethyl adjacent to an activating group) is 1. The monoisotopic (exact) mass is 610 g/mol. The number of quaternary nitrogens is 1. The third-order valence-electron chi connectivity index (χ3n) is 7.53. The first-order valence-electron chi connectivity index (χ1n) is 17.0. The Balaban J connectivity index is 1.99. The Kier molecular flexibility index (Phi) is 23.3. The van der Waals surface area contributed by atoms with Crippen LogP contribution >= 0.6 is 7.82 Å². The zero-order valence-corrected chi connectivity index (χ0v) is 28.6. The van der Waals surface area contributed by atoms with Crippen molar-refractivity contribution in [3.05, 3.63) is 42.0 Å². The fraction of sp³-hybridized carbons (Fsp3) is 0.771. The summed E-state index contributed by atoms with van der Waals surface area (Å²) in [7, 11) is 1.97. The molecule has 0 aliphatic rings. The van der Waals surface area contributed by atoms with E-state index in [0.29, 0.717) is 24.1 Å². The van der Waals surface area contributed by atoms with Crippen LogP contribution < -0.4 is 4.74 Å². The molecule has 0 saturated carbocycles. The molecule has 42 heavy (non-hydrogen) atoms. The maximum atomic E-state index is 12.1. The largest absolute Gasteiger partial charge is 0.493 e. The molecule has 0 aliphatic carbocycles. The number of nitrogens with zero attached hydrogens (tertiary/aromatic N) is 1. The first-order chi connectivity index (χ1) is 20.2. The van der Waals surface area contributed by atoms with Crippen molar-refractivity contribution in [3.63, 3.8) is 0 Å². The van der Waals surface area contributed by atoms with E-state index < -0.39 is 7.82 Å². The molecular formula is C35H65NO5P+. The number of ether oxygens (including phenoxy) is 1. The van der Waals surface area contributed by atoms with E-state index in [1.165, 1.54) is 109 Å². The van der Waals surface area contributed by atoms with Gasteiger partial charge in [-0.15, -0.1) is 0 Å². The molecule has 1 rings (SSSR count). The predicted octanol–water partition coefficient (Wildman–Crippen LogP) is 10.0. The molecule has 0 bridgehead atoms. The van der Waals surface area contributed by atoms with E-state index in [1.807, 2.05) is 45.4 Å². The SMILES string of the molecule is CCCCCCCC/C=C\CCCCCCCCCCCCOc1ccccc1CCOP(=O)(O)OCC[N+](C)(C)C. The lowest BCUT2D eigenvalue weighted by atomic mass is 10.1. The molecule has 0 amide bonds. The third-order valence-corrected chi connectivity index (χ3v) is 8.55. The number of hydrogen-bond donors (Lipinski definition) is 1. The van der Waals surface area contributed by atoms with Crippen molar-refractivity contribution >= 4 is 7.82 Å². The zero-order valence-electron chi connectivity index (χ0n) is 27.7. The lowest BCUT2D eigenvalue weighted by Crippen LogP contribution is -2.37. The van der Waals surface area contributed by atoms with Gasteiger partial charge in [-0.2, -0.15) is 0 Å². The van der Waals surface area contributed by atoms with Gasteiger partial charge in [0.05, 0.1) is 34.4 Å². The van der Waals surface area contributed by atoms with Gasteiger partial charge in [-0.3, -0.25) is 9.05 Å². The molecule has 6 nitrogen and oxygen atoms in total. The Morgan fingerprint density at radius 3 is 1.76 bits per heavy atom. The van der Waals surface area contributed by atoms with Gasteiger partial charge in [-0.1, -0.05) is 121 Å². The first kappa shape index (κ1) is 38.9. The average molecular weight is 611 g/mol. The lowest BCUT2D eigenvalue weighted by Gasteiger charge is -2.24. The van der Waals surface area contributed by atoms with Crippen LogP contribution in [0.5, 0.6) is 5.75 Å². The zero-order chi connectivity index (χ0) is 30.8. The summed E-state index contributed by atoms with van der Waals surface area (Å²) < 4.78 is 29.1. The summed E-state index contributed by atoms with van der Waals surface area (Å²) in [5.41, 5.74) is 0.980. The molecule has 0 radical (unpaired) electrons. The predicted molar refractivity (Wildman–Crippen MR) is 178 cm³/mol. The van der Waals surface area contributed by atoms with Gasteiger partial charge >= 0.3 is 7.82 Å². The molecule has 244 valence electrons. The van der Waals surface area contributed by atoms with Crippen LogP contribution in [0.3, 0.4) is 0 Å². The van der Waals surface area contributed by atoms with Gasteiger partial charge < -0.3 is 14.1 Å². The summed E-state index contributed by atoms with van der Waals surface area (Å²) in [6, 6.07) is 7.84. The number of phosphoric ester groups is 1. The van der Waals surface area contributed by atoms with Crippen LogP contribution in [0.25, 0.3) is 0 Å². The van der Waals surface area contributed by atoms with Gasteiger partial charge in [-0.25, -0.2) is 4.57 Å². The lowest BCUT2D eigenvalue weighted by molar-refractivity contribution is -0.870. The van der Waals surface area contributed by atoms with E-state index >= 15 is 0 Å². The smallest absolute Gasteiger partial charge is 0.472 e. The number of unbranched alkanes of at least 4 members (excludes halogenated alkanes) is 16. The molecular weight excluding hydrogens is 545 g/mol. The van der Waals surface area contributed by atoms with E-state index in [1.54, 1.807) is 0 Å². The van der Waals surface area contributed by atoms with Crippen LogP contribution in [0.2, 0.25) is 0 Å². The molecule has 0 aromatic heterocycles. The minimum Gasteiger partial charge on any atom is -0.493 e. The summed E-state index contributed by atoms with van der Waals surface area (Å²) in [5.74, 6) is 0.827. The van der Waals surface area contributed by atoms with Gasteiger partial charge in [-0.05, 0) is 43.7 Å². The molecule has 0 spiro atoms.